The summed E-state index contributed by atoms with van der Waals surface area (Å²) < 4.78 is 5.46. The molecule has 2 rings (SSSR count). The van der Waals surface area contributed by atoms with E-state index in [1.807, 2.05) is 60.7 Å². The van der Waals surface area contributed by atoms with Crippen LogP contribution < -0.4 is 10.6 Å². The molecule has 0 radical (unpaired) electrons. The van der Waals surface area contributed by atoms with Gasteiger partial charge in [-0.15, -0.1) is 0 Å². The summed E-state index contributed by atoms with van der Waals surface area (Å²) in [5.74, 6) is -0.387. The van der Waals surface area contributed by atoms with E-state index in [4.69, 9.17) is 4.74 Å². The summed E-state index contributed by atoms with van der Waals surface area (Å²) in [7, 11) is 0. The molecule has 0 aliphatic rings. The average Bonchev–Trinajstić information content (AvgIpc) is 2.75. The van der Waals surface area contributed by atoms with Gasteiger partial charge in [0.2, 0.25) is 0 Å². The SMILES string of the molecule is CCCCOCCCNC(=O)/C(C#N)=C\Nc1ccccc1Sc1ccccc1. The zero-order chi connectivity index (χ0) is 20.7. The predicted molar refractivity (Wildman–Crippen MR) is 118 cm³/mol. The monoisotopic (exact) mass is 409 g/mol. The Labute approximate surface area is 177 Å². The number of rotatable bonds is 12. The van der Waals surface area contributed by atoms with Crippen LogP contribution in [0.1, 0.15) is 26.2 Å². The fourth-order valence-corrected chi connectivity index (χ4v) is 3.34. The lowest BCUT2D eigenvalue weighted by atomic mass is 10.2. The van der Waals surface area contributed by atoms with Crippen LogP contribution in [-0.4, -0.2) is 25.7 Å². The van der Waals surface area contributed by atoms with E-state index in [0.717, 1.165) is 41.3 Å². The molecule has 5 nitrogen and oxygen atoms in total. The van der Waals surface area contributed by atoms with E-state index in [1.165, 1.54) is 6.20 Å². The lowest BCUT2D eigenvalue weighted by molar-refractivity contribution is -0.117. The van der Waals surface area contributed by atoms with Crippen molar-refractivity contribution in [3.8, 4) is 6.07 Å². The van der Waals surface area contributed by atoms with Crippen LogP contribution in [0, 0.1) is 11.3 Å². The first-order chi connectivity index (χ1) is 14.2. The van der Waals surface area contributed by atoms with Gasteiger partial charge in [-0.25, -0.2) is 0 Å². The molecule has 0 atom stereocenters. The van der Waals surface area contributed by atoms with Crippen molar-refractivity contribution in [1.29, 1.82) is 5.26 Å². The summed E-state index contributed by atoms with van der Waals surface area (Å²) in [5.41, 5.74) is 0.877. The van der Waals surface area contributed by atoms with E-state index in [9.17, 15) is 10.1 Å². The van der Waals surface area contributed by atoms with E-state index >= 15 is 0 Å². The van der Waals surface area contributed by atoms with Crippen LogP contribution in [0.25, 0.3) is 0 Å². The third-order valence-electron chi connectivity index (χ3n) is 3.99. The number of nitrogens with one attached hydrogen (secondary N) is 2. The Kier molecular flexibility index (Phi) is 10.4. The van der Waals surface area contributed by atoms with E-state index in [-0.39, 0.29) is 11.5 Å². The van der Waals surface area contributed by atoms with Gasteiger partial charge >= 0.3 is 0 Å². The van der Waals surface area contributed by atoms with Crippen molar-refractivity contribution in [3.63, 3.8) is 0 Å². The molecule has 0 saturated heterocycles. The minimum absolute atomic E-state index is 0.0383. The smallest absolute Gasteiger partial charge is 0.263 e. The maximum atomic E-state index is 12.2. The van der Waals surface area contributed by atoms with Crippen molar-refractivity contribution in [2.24, 2.45) is 0 Å². The molecule has 0 aromatic heterocycles. The van der Waals surface area contributed by atoms with Crippen LogP contribution in [0.3, 0.4) is 0 Å². The number of benzene rings is 2. The number of carbonyl (C=O) groups excluding carboxylic acids is 1. The summed E-state index contributed by atoms with van der Waals surface area (Å²) in [5, 5.41) is 15.2. The van der Waals surface area contributed by atoms with E-state index in [0.29, 0.717) is 13.2 Å². The molecule has 2 N–H and O–H groups in total. The molecule has 152 valence electrons. The number of para-hydroxylation sites is 1. The Bertz CT molecular complexity index is 832. The lowest BCUT2D eigenvalue weighted by Crippen LogP contribution is -2.26. The molecular weight excluding hydrogens is 382 g/mol. The Morgan fingerprint density at radius 2 is 1.83 bits per heavy atom. The van der Waals surface area contributed by atoms with Gasteiger partial charge in [0.05, 0.1) is 5.69 Å². The van der Waals surface area contributed by atoms with Crippen LogP contribution in [-0.2, 0) is 9.53 Å². The minimum Gasteiger partial charge on any atom is -0.381 e. The van der Waals surface area contributed by atoms with Crippen molar-refractivity contribution in [1.82, 2.24) is 5.32 Å². The summed E-state index contributed by atoms with van der Waals surface area (Å²) in [4.78, 5) is 14.3. The largest absolute Gasteiger partial charge is 0.381 e. The number of ether oxygens (including phenoxy) is 1. The van der Waals surface area contributed by atoms with Crippen molar-refractivity contribution in [2.45, 2.75) is 36.0 Å². The highest BCUT2D eigenvalue weighted by Gasteiger charge is 2.09. The first-order valence-corrected chi connectivity index (χ1v) is 10.6. The fourth-order valence-electron chi connectivity index (χ4n) is 2.41. The standard InChI is InChI=1S/C23H27N3O2S/c1-2-3-15-28-16-9-14-25-23(27)19(17-24)18-26-21-12-7-8-13-22(21)29-20-10-5-4-6-11-20/h4-8,10-13,18,26H,2-3,9,14-16H2,1H3,(H,25,27)/b19-18-. The molecule has 2 aromatic carbocycles. The van der Waals surface area contributed by atoms with Gasteiger partial charge in [0.15, 0.2) is 0 Å². The summed E-state index contributed by atoms with van der Waals surface area (Å²) in [6, 6.07) is 19.8. The average molecular weight is 410 g/mol. The highest BCUT2D eigenvalue weighted by molar-refractivity contribution is 7.99. The first-order valence-electron chi connectivity index (χ1n) is 9.79. The highest BCUT2D eigenvalue weighted by Crippen LogP contribution is 2.33. The number of amides is 1. The number of carbonyl (C=O) groups is 1. The summed E-state index contributed by atoms with van der Waals surface area (Å²) in [6.07, 6.45) is 4.33. The van der Waals surface area contributed by atoms with Crippen LogP contribution in [0.4, 0.5) is 5.69 Å². The second-order valence-electron chi connectivity index (χ2n) is 6.30. The van der Waals surface area contributed by atoms with Gasteiger partial charge in [-0.05, 0) is 37.1 Å². The Balaban J connectivity index is 1.88. The molecule has 0 spiro atoms. The van der Waals surface area contributed by atoms with Gasteiger partial charge in [0.25, 0.3) is 5.91 Å². The molecule has 2 aromatic rings. The Morgan fingerprint density at radius 3 is 2.59 bits per heavy atom. The van der Waals surface area contributed by atoms with Gasteiger partial charge < -0.3 is 15.4 Å². The third-order valence-corrected chi connectivity index (χ3v) is 5.07. The molecule has 0 heterocycles. The fraction of sp³-hybridized carbons (Fsp3) is 0.304. The molecule has 0 saturated carbocycles. The zero-order valence-electron chi connectivity index (χ0n) is 16.7. The zero-order valence-corrected chi connectivity index (χ0v) is 17.5. The number of nitrogens with zero attached hydrogens (tertiary/aromatic N) is 1. The van der Waals surface area contributed by atoms with Gasteiger partial charge in [-0.1, -0.05) is 55.4 Å². The van der Waals surface area contributed by atoms with Gasteiger partial charge in [0.1, 0.15) is 11.6 Å². The molecule has 0 aliphatic heterocycles. The number of hydrogen-bond donors (Lipinski definition) is 2. The lowest BCUT2D eigenvalue weighted by Gasteiger charge is -2.10. The van der Waals surface area contributed by atoms with Crippen molar-refractivity contribution >= 4 is 23.4 Å². The normalized spacial score (nSPS) is 11.0. The van der Waals surface area contributed by atoms with E-state index in [2.05, 4.69) is 17.6 Å². The quantitative estimate of drug-likeness (QED) is 0.294. The molecule has 1 amide bonds. The number of unbranched alkanes of at least 4 members (excludes halogenated alkanes) is 1. The molecule has 0 fully saturated rings. The van der Waals surface area contributed by atoms with E-state index < -0.39 is 0 Å². The molecule has 6 heteroatoms. The van der Waals surface area contributed by atoms with Crippen LogP contribution in [0.5, 0.6) is 0 Å². The molecule has 0 aliphatic carbocycles. The van der Waals surface area contributed by atoms with Crippen molar-refractivity contribution < 1.29 is 9.53 Å². The van der Waals surface area contributed by atoms with Crippen LogP contribution in [0.15, 0.2) is 76.2 Å². The van der Waals surface area contributed by atoms with Crippen LogP contribution in [0.2, 0.25) is 0 Å². The number of hydrogen-bond acceptors (Lipinski definition) is 5. The summed E-state index contributed by atoms with van der Waals surface area (Å²) >= 11 is 1.62. The first kappa shape index (κ1) is 22.5. The van der Waals surface area contributed by atoms with Gasteiger partial charge in [-0.3, -0.25) is 4.79 Å². The van der Waals surface area contributed by atoms with Gasteiger partial charge in [0, 0.05) is 35.7 Å². The molecule has 0 unspecified atom stereocenters. The number of anilines is 1. The predicted octanol–water partition coefficient (Wildman–Crippen LogP) is 4.98. The van der Waals surface area contributed by atoms with Crippen LogP contribution >= 0.6 is 11.8 Å². The molecule has 29 heavy (non-hydrogen) atoms. The minimum atomic E-state index is -0.387. The third kappa shape index (κ3) is 8.43. The molecular formula is C23H27N3O2S. The van der Waals surface area contributed by atoms with Gasteiger partial charge in [-0.2, -0.15) is 5.26 Å². The van der Waals surface area contributed by atoms with Crippen molar-refractivity contribution in [2.75, 3.05) is 25.1 Å². The van der Waals surface area contributed by atoms with E-state index in [1.54, 1.807) is 11.8 Å². The molecule has 0 bridgehead atoms. The maximum Gasteiger partial charge on any atom is 0.263 e. The maximum absolute atomic E-state index is 12.2. The topological polar surface area (TPSA) is 74.1 Å². The second-order valence-corrected chi connectivity index (χ2v) is 7.42. The second kappa shape index (κ2) is 13.4. The summed E-state index contributed by atoms with van der Waals surface area (Å²) in [6.45, 7) is 3.95. The Morgan fingerprint density at radius 1 is 1.10 bits per heavy atom. The van der Waals surface area contributed by atoms with Crippen molar-refractivity contribution in [3.05, 3.63) is 66.4 Å². The highest BCUT2D eigenvalue weighted by atomic mass is 32.2. The Hall–Kier alpha value is -2.75. The number of nitriles is 1.